The van der Waals surface area contributed by atoms with Crippen molar-refractivity contribution < 1.29 is 5.11 Å². The molecule has 1 atom stereocenters. The Labute approximate surface area is 79.4 Å². The Hall–Kier alpha value is -0.820. The number of rotatable bonds is 1. The lowest BCUT2D eigenvalue weighted by Gasteiger charge is -2.22. The van der Waals surface area contributed by atoms with Gasteiger partial charge in [0, 0.05) is 0 Å². The fourth-order valence-corrected chi connectivity index (χ4v) is 2.18. The van der Waals surface area contributed by atoms with Crippen molar-refractivity contribution in [3.05, 3.63) is 34.9 Å². The van der Waals surface area contributed by atoms with E-state index in [0.29, 0.717) is 0 Å². The van der Waals surface area contributed by atoms with Gasteiger partial charge in [-0.3, -0.25) is 0 Å². The van der Waals surface area contributed by atoms with Gasteiger partial charge in [0.25, 0.3) is 0 Å². The monoisotopic (exact) mass is 176 g/mol. The van der Waals surface area contributed by atoms with E-state index in [1.54, 1.807) is 0 Å². The lowest BCUT2D eigenvalue weighted by molar-refractivity contribution is 0.0345. The number of aryl methyl sites for hydroxylation is 2. The van der Waals surface area contributed by atoms with Crippen LogP contribution in [0.15, 0.2) is 18.2 Å². The van der Waals surface area contributed by atoms with E-state index in [-0.39, 0.29) is 0 Å². The highest BCUT2D eigenvalue weighted by Gasteiger charge is 2.34. The number of fused-ring (bicyclic) bond motifs is 1. The van der Waals surface area contributed by atoms with E-state index >= 15 is 0 Å². The Morgan fingerprint density at radius 2 is 2.23 bits per heavy atom. The molecule has 0 aromatic heterocycles. The smallest absolute Gasteiger partial charge is 0.0899 e. The highest BCUT2D eigenvalue weighted by Crippen LogP contribution is 2.39. The molecular formula is C12H16O. The fraction of sp³-hybridized carbons (Fsp3) is 0.500. The van der Waals surface area contributed by atoms with E-state index in [1.807, 2.05) is 0 Å². The largest absolute Gasteiger partial charge is 0.385 e. The van der Waals surface area contributed by atoms with Gasteiger partial charge < -0.3 is 5.11 Å². The van der Waals surface area contributed by atoms with Gasteiger partial charge in [-0.25, -0.2) is 0 Å². The number of aliphatic hydroxyl groups is 1. The van der Waals surface area contributed by atoms with Crippen LogP contribution in [-0.2, 0) is 12.0 Å². The zero-order valence-corrected chi connectivity index (χ0v) is 8.30. The van der Waals surface area contributed by atoms with Gasteiger partial charge in [-0.1, -0.05) is 30.7 Å². The third kappa shape index (κ3) is 1.28. The molecule has 70 valence electrons. The highest BCUT2D eigenvalue weighted by molar-refractivity contribution is 5.39. The quantitative estimate of drug-likeness (QED) is 0.697. The Kier molecular flexibility index (Phi) is 1.92. The number of benzene rings is 1. The maximum Gasteiger partial charge on any atom is 0.0899 e. The van der Waals surface area contributed by atoms with Gasteiger partial charge in [0.1, 0.15) is 0 Å². The topological polar surface area (TPSA) is 20.2 Å². The van der Waals surface area contributed by atoms with Crippen LogP contribution in [0.25, 0.3) is 0 Å². The van der Waals surface area contributed by atoms with Gasteiger partial charge in [-0.2, -0.15) is 0 Å². The van der Waals surface area contributed by atoms with Crippen LogP contribution >= 0.6 is 0 Å². The van der Waals surface area contributed by atoms with Crippen molar-refractivity contribution in [3.8, 4) is 0 Å². The Morgan fingerprint density at radius 3 is 2.92 bits per heavy atom. The van der Waals surface area contributed by atoms with Crippen LogP contribution < -0.4 is 0 Å². The highest BCUT2D eigenvalue weighted by atomic mass is 16.3. The Morgan fingerprint density at radius 1 is 1.46 bits per heavy atom. The molecular weight excluding hydrogens is 160 g/mol. The molecule has 0 spiro atoms. The summed E-state index contributed by atoms with van der Waals surface area (Å²) in [6, 6.07) is 6.41. The van der Waals surface area contributed by atoms with E-state index in [9.17, 15) is 5.11 Å². The summed E-state index contributed by atoms with van der Waals surface area (Å²) < 4.78 is 0. The van der Waals surface area contributed by atoms with Gasteiger partial charge in [-0.15, -0.1) is 0 Å². The van der Waals surface area contributed by atoms with Crippen molar-refractivity contribution in [2.45, 2.75) is 38.7 Å². The standard InChI is InChI=1S/C12H16O/c1-3-12(13)7-6-10-5-4-9(2)8-11(10)12/h4-5,8,13H,3,6-7H2,1-2H3. The lowest BCUT2D eigenvalue weighted by atomic mass is 9.92. The van der Waals surface area contributed by atoms with Crippen LogP contribution in [0.1, 0.15) is 36.5 Å². The average Bonchev–Trinajstić information content (AvgIpc) is 2.45. The summed E-state index contributed by atoms with van der Waals surface area (Å²) in [5, 5.41) is 10.3. The number of hydrogen-bond donors (Lipinski definition) is 1. The molecule has 0 heterocycles. The molecule has 1 N–H and O–H groups in total. The van der Waals surface area contributed by atoms with Crippen molar-refractivity contribution in [2.24, 2.45) is 0 Å². The minimum Gasteiger partial charge on any atom is -0.385 e. The average molecular weight is 176 g/mol. The molecule has 1 nitrogen and oxygen atoms in total. The molecule has 0 bridgehead atoms. The molecule has 1 aromatic carbocycles. The summed E-state index contributed by atoms with van der Waals surface area (Å²) in [6.07, 6.45) is 2.74. The lowest BCUT2D eigenvalue weighted by Crippen LogP contribution is -2.20. The molecule has 1 heteroatoms. The van der Waals surface area contributed by atoms with Gasteiger partial charge >= 0.3 is 0 Å². The van der Waals surface area contributed by atoms with Crippen LogP contribution in [0.3, 0.4) is 0 Å². The first-order valence-corrected chi connectivity index (χ1v) is 4.98. The van der Waals surface area contributed by atoms with Crippen LogP contribution in [0, 0.1) is 6.92 Å². The fourth-order valence-electron chi connectivity index (χ4n) is 2.18. The van der Waals surface area contributed by atoms with Gasteiger partial charge in [-0.05, 0) is 37.3 Å². The maximum absolute atomic E-state index is 10.3. The summed E-state index contributed by atoms with van der Waals surface area (Å²) >= 11 is 0. The van der Waals surface area contributed by atoms with Crippen molar-refractivity contribution in [2.75, 3.05) is 0 Å². The van der Waals surface area contributed by atoms with Crippen molar-refractivity contribution in [1.29, 1.82) is 0 Å². The molecule has 1 aliphatic carbocycles. The summed E-state index contributed by atoms with van der Waals surface area (Å²) in [5.74, 6) is 0. The van der Waals surface area contributed by atoms with E-state index in [0.717, 1.165) is 24.8 Å². The third-order valence-corrected chi connectivity index (χ3v) is 3.16. The molecule has 1 aliphatic rings. The Balaban J connectivity index is 2.52. The first-order chi connectivity index (χ1) is 6.15. The number of hydrogen-bond acceptors (Lipinski definition) is 1. The van der Waals surface area contributed by atoms with Gasteiger partial charge in [0.15, 0.2) is 0 Å². The van der Waals surface area contributed by atoms with E-state index in [2.05, 4.69) is 32.0 Å². The van der Waals surface area contributed by atoms with Crippen LogP contribution in [0.5, 0.6) is 0 Å². The molecule has 0 saturated heterocycles. The summed E-state index contributed by atoms with van der Waals surface area (Å²) in [6.45, 7) is 4.13. The molecule has 0 amide bonds. The summed E-state index contributed by atoms with van der Waals surface area (Å²) in [7, 11) is 0. The second-order valence-electron chi connectivity index (χ2n) is 4.05. The minimum absolute atomic E-state index is 0.540. The predicted octanol–water partition coefficient (Wildman–Crippen LogP) is 2.54. The molecule has 1 unspecified atom stereocenters. The van der Waals surface area contributed by atoms with Crippen LogP contribution in [0.4, 0.5) is 0 Å². The van der Waals surface area contributed by atoms with Crippen LogP contribution in [0.2, 0.25) is 0 Å². The summed E-state index contributed by atoms with van der Waals surface area (Å²) in [4.78, 5) is 0. The van der Waals surface area contributed by atoms with E-state index < -0.39 is 5.60 Å². The zero-order chi connectivity index (χ0) is 9.47. The maximum atomic E-state index is 10.3. The molecule has 0 aliphatic heterocycles. The van der Waals surface area contributed by atoms with E-state index in [4.69, 9.17) is 0 Å². The molecule has 1 aromatic rings. The van der Waals surface area contributed by atoms with Gasteiger partial charge in [0.05, 0.1) is 5.60 Å². The molecule has 0 fully saturated rings. The van der Waals surface area contributed by atoms with Gasteiger partial charge in [0.2, 0.25) is 0 Å². The Bertz CT molecular complexity index is 330. The normalized spacial score (nSPS) is 26.1. The molecule has 0 radical (unpaired) electrons. The van der Waals surface area contributed by atoms with E-state index in [1.165, 1.54) is 11.1 Å². The zero-order valence-electron chi connectivity index (χ0n) is 8.30. The minimum atomic E-state index is -0.540. The predicted molar refractivity (Wildman–Crippen MR) is 53.7 cm³/mol. The molecule has 2 rings (SSSR count). The third-order valence-electron chi connectivity index (χ3n) is 3.16. The van der Waals surface area contributed by atoms with Crippen molar-refractivity contribution in [3.63, 3.8) is 0 Å². The molecule has 0 saturated carbocycles. The van der Waals surface area contributed by atoms with Crippen LogP contribution in [-0.4, -0.2) is 5.11 Å². The second kappa shape index (κ2) is 2.85. The van der Waals surface area contributed by atoms with Crippen molar-refractivity contribution in [1.82, 2.24) is 0 Å². The first kappa shape index (κ1) is 8.76. The van der Waals surface area contributed by atoms with Crippen molar-refractivity contribution >= 4 is 0 Å². The SMILES string of the molecule is CCC1(O)CCc2ccc(C)cc21. The first-order valence-electron chi connectivity index (χ1n) is 4.98. The molecule has 13 heavy (non-hydrogen) atoms. The second-order valence-corrected chi connectivity index (χ2v) is 4.05. The summed E-state index contributed by atoms with van der Waals surface area (Å²) in [5.41, 5.74) is 3.19.